The van der Waals surface area contributed by atoms with Crippen molar-refractivity contribution in [3.63, 3.8) is 0 Å². The van der Waals surface area contributed by atoms with E-state index in [4.69, 9.17) is 4.98 Å². The van der Waals surface area contributed by atoms with E-state index in [0.29, 0.717) is 6.04 Å². The molecular formula is C29H34N4. The third kappa shape index (κ3) is 4.96. The topological polar surface area (TPSA) is 24.3 Å². The van der Waals surface area contributed by atoms with E-state index in [1.54, 1.807) is 0 Å². The SMILES string of the molecule is CCN(c1nc2ccccc2n1Cc1ccccc1)C1CCN(CCc2ccccc2)CC1. The van der Waals surface area contributed by atoms with Gasteiger partial charge in [-0.2, -0.15) is 0 Å². The Labute approximate surface area is 197 Å². The average molecular weight is 439 g/mol. The van der Waals surface area contributed by atoms with E-state index in [9.17, 15) is 0 Å². The highest BCUT2D eigenvalue weighted by molar-refractivity contribution is 5.79. The van der Waals surface area contributed by atoms with Crippen LogP contribution in [0.15, 0.2) is 84.9 Å². The van der Waals surface area contributed by atoms with Crippen LogP contribution >= 0.6 is 0 Å². The second-order valence-electron chi connectivity index (χ2n) is 9.07. The van der Waals surface area contributed by atoms with Gasteiger partial charge in [-0.15, -0.1) is 0 Å². The summed E-state index contributed by atoms with van der Waals surface area (Å²) < 4.78 is 2.41. The number of piperidine rings is 1. The van der Waals surface area contributed by atoms with Crippen molar-refractivity contribution in [3.05, 3.63) is 96.1 Å². The number of fused-ring (bicyclic) bond motifs is 1. The van der Waals surface area contributed by atoms with Crippen LogP contribution in [0, 0.1) is 0 Å². The van der Waals surface area contributed by atoms with Crippen molar-refractivity contribution < 1.29 is 0 Å². The van der Waals surface area contributed by atoms with Crippen LogP contribution in [0.4, 0.5) is 5.95 Å². The van der Waals surface area contributed by atoms with Gasteiger partial charge in [0.05, 0.1) is 17.6 Å². The molecule has 1 fully saturated rings. The number of hydrogen-bond acceptors (Lipinski definition) is 3. The number of likely N-dealkylation sites (tertiary alicyclic amines) is 1. The smallest absolute Gasteiger partial charge is 0.207 e. The van der Waals surface area contributed by atoms with E-state index in [2.05, 4.69) is 106 Å². The quantitative estimate of drug-likeness (QED) is 0.357. The van der Waals surface area contributed by atoms with Crippen molar-refractivity contribution in [1.82, 2.24) is 14.5 Å². The maximum absolute atomic E-state index is 5.13. The first-order valence-electron chi connectivity index (χ1n) is 12.3. The first-order valence-corrected chi connectivity index (χ1v) is 12.3. The lowest BCUT2D eigenvalue weighted by atomic mass is 10.0. The molecule has 1 aromatic heterocycles. The molecule has 5 rings (SSSR count). The molecule has 33 heavy (non-hydrogen) atoms. The van der Waals surface area contributed by atoms with E-state index >= 15 is 0 Å². The molecule has 4 aromatic rings. The molecule has 1 aliphatic heterocycles. The highest BCUT2D eigenvalue weighted by Gasteiger charge is 2.27. The van der Waals surface area contributed by atoms with Crippen molar-refractivity contribution in [1.29, 1.82) is 0 Å². The Morgan fingerprint density at radius 2 is 1.45 bits per heavy atom. The van der Waals surface area contributed by atoms with Gasteiger partial charge in [-0.3, -0.25) is 0 Å². The molecular weight excluding hydrogens is 404 g/mol. The van der Waals surface area contributed by atoms with E-state index in [-0.39, 0.29) is 0 Å². The summed E-state index contributed by atoms with van der Waals surface area (Å²) in [5.41, 5.74) is 5.05. The van der Waals surface area contributed by atoms with Crippen LogP contribution in [0.5, 0.6) is 0 Å². The number of anilines is 1. The fourth-order valence-electron chi connectivity index (χ4n) is 5.15. The molecule has 0 amide bonds. The van der Waals surface area contributed by atoms with E-state index in [1.807, 2.05) is 0 Å². The molecule has 0 aliphatic carbocycles. The Kier molecular flexibility index (Phi) is 6.73. The fraction of sp³-hybridized carbons (Fsp3) is 0.345. The van der Waals surface area contributed by atoms with E-state index in [0.717, 1.165) is 50.6 Å². The Morgan fingerprint density at radius 3 is 2.15 bits per heavy atom. The van der Waals surface area contributed by atoms with E-state index < -0.39 is 0 Å². The third-order valence-corrected chi connectivity index (χ3v) is 6.97. The molecule has 170 valence electrons. The zero-order valence-electron chi connectivity index (χ0n) is 19.6. The molecule has 1 saturated heterocycles. The summed E-state index contributed by atoms with van der Waals surface area (Å²) in [6, 6.07) is 30.7. The van der Waals surface area contributed by atoms with Crippen LogP contribution in [-0.4, -0.2) is 46.7 Å². The Balaban J connectivity index is 1.32. The summed E-state index contributed by atoms with van der Waals surface area (Å²) in [6.07, 6.45) is 3.52. The Bertz CT molecular complexity index is 1140. The van der Waals surface area contributed by atoms with Crippen LogP contribution in [0.3, 0.4) is 0 Å². The minimum Gasteiger partial charge on any atom is -0.339 e. The van der Waals surface area contributed by atoms with Gasteiger partial charge in [-0.1, -0.05) is 72.8 Å². The fourth-order valence-corrected chi connectivity index (χ4v) is 5.15. The standard InChI is InChI=1S/C29H34N4/c1-2-32(26-18-21-31(22-19-26)20-17-24-11-5-3-6-12-24)29-30-27-15-9-10-16-28(27)33(29)23-25-13-7-4-8-14-25/h3-16,26H,2,17-23H2,1H3. The number of rotatable bonds is 8. The number of imidazole rings is 1. The molecule has 3 aromatic carbocycles. The van der Waals surface area contributed by atoms with Gasteiger partial charge in [0.15, 0.2) is 0 Å². The van der Waals surface area contributed by atoms with Crippen LogP contribution in [0.2, 0.25) is 0 Å². The molecule has 4 nitrogen and oxygen atoms in total. The van der Waals surface area contributed by atoms with Crippen molar-refractivity contribution in [2.24, 2.45) is 0 Å². The van der Waals surface area contributed by atoms with Gasteiger partial charge in [-0.25, -0.2) is 4.98 Å². The van der Waals surface area contributed by atoms with Gasteiger partial charge in [0, 0.05) is 32.2 Å². The zero-order chi connectivity index (χ0) is 22.5. The summed E-state index contributed by atoms with van der Waals surface area (Å²) in [5.74, 6) is 1.12. The largest absolute Gasteiger partial charge is 0.339 e. The first kappa shape index (κ1) is 21.7. The second-order valence-corrected chi connectivity index (χ2v) is 9.07. The summed E-state index contributed by atoms with van der Waals surface area (Å²) in [5, 5.41) is 0. The van der Waals surface area contributed by atoms with Gasteiger partial charge in [0.1, 0.15) is 0 Å². The summed E-state index contributed by atoms with van der Waals surface area (Å²) >= 11 is 0. The van der Waals surface area contributed by atoms with Crippen molar-refractivity contribution >= 4 is 17.0 Å². The lowest BCUT2D eigenvalue weighted by Gasteiger charge is -2.39. The minimum atomic E-state index is 0.536. The number of benzene rings is 3. The minimum absolute atomic E-state index is 0.536. The lowest BCUT2D eigenvalue weighted by molar-refractivity contribution is 0.210. The van der Waals surface area contributed by atoms with Gasteiger partial charge in [-0.05, 0) is 49.4 Å². The van der Waals surface area contributed by atoms with Gasteiger partial charge in [0.25, 0.3) is 0 Å². The van der Waals surface area contributed by atoms with Crippen molar-refractivity contribution in [2.45, 2.75) is 38.8 Å². The van der Waals surface area contributed by atoms with Gasteiger partial charge in [0.2, 0.25) is 5.95 Å². The normalized spacial score (nSPS) is 15.2. The molecule has 0 unspecified atom stereocenters. The molecule has 4 heteroatoms. The van der Waals surface area contributed by atoms with Crippen LogP contribution in [0.1, 0.15) is 30.9 Å². The summed E-state index contributed by atoms with van der Waals surface area (Å²) in [7, 11) is 0. The lowest BCUT2D eigenvalue weighted by Crippen LogP contribution is -2.46. The van der Waals surface area contributed by atoms with Crippen LogP contribution in [-0.2, 0) is 13.0 Å². The monoisotopic (exact) mass is 438 g/mol. The predicted molar refractivity (Wildman–Crippen MR) is 138 cm³/mol. The highest BCUT2D eigenvalue weighted by Crippen LogP contribution is 2.28. The molecule has 0 bridgehead atoms. The number of hydrogen-bond donors (Lipinski definition) is 0. The summed E-state index contributed by atoms with van der Waals surface area (Å²) in [4.78, 5) is 10.3. The third-order valence-electron chi connectivity index (χ3n) is 6.97. The average Bonchev–Trinajstić information content (AvgIpc) is 3.23. The molecule has 0 radical (unpaired) electrons. The predicted octanol–water partition coefficient (Wildman–Crippen LogP) is 5.62. The molecule has 0 atom stereocenters. The molecule has 0 N–H and O–H groups in total. The van der Waals surface area contributed by atoms with Gasteiger partial charge >= 0.3 is 0 Å². The van der Waals surface area contributed by atoms with Crippen LogP contribution in [0.25, 0.3) is 11.0 Å². The van der Waals surface area contributed by atoms with Crippen molar-refractivity contribution in [3.8, 4) is 0 Å². The summed E-state index contributed by atoms with van der Waals surface area (Å²) in [6.45, 7) is 7.57. The molecule has 2 heterocycles. The number of aromatic nitrogens is 2. The second kappa shape index (κ2) is 10.2. The Hall–Kier alpha value is -3.11. The van der Waals surface area contributed by atoms with Gasteiger partial charge < -0.3 is 14.4 Å². The zero-order valence-corrected chi connectivity index (χ0v) is 19.6. The number of para-hydroxylation sites is 2. The maximum Gasteiger partial charge on any atom is 0.207 e. The molecule has 0 spiro atoms. The maximum atomic E-state index is 5.13. The highest BCUT2D eigenvalue weighted by atomic mass is 15.3. The first-order chi connectivity index (χ1) is 16.3. The Morgan fingerprint density at radius 1 is 0.818 bits per heavy atom. The molecule has 0 saturated carbocycles. The van der Waals surface area contributed by atoms with E-state index in [1.165, 1.54) is 29.5 Å². The van der Waals surface area contributed by atoms with Crippen molar-refractivity contribution in [2.75, 3.05) is 31.1 Å². The van der Waals surface area contributed by atoms with Crippen LogP contribution < -0.4 is 4.90 Å². The molecule has 1 aliphatic rings. The number of nitrogens with zero attached hydrogens (tertiary/aromatic N) is 4.